The fourth-order valence-corrected chi connectivity index (χ4v) is 3.07. The van der Waals surface area contributed by atoms with Crippen LogP contribution in [-0.4, -0.2) is 27.5 Å². The predicted octanol–water partition coefficient (Wildman–Crippen LogP) is 2.27. The Morgan fingerprint density at radius 3 is 2.35 bits per heavy atom. The summed E-state index contributed by atoms with van der Waals surface area (Å²) in [6, 6.07) is 11.9. The van der Waals surface area contributed by atoms with Crippen molar-refractivity contribution in [2.75, 3.05) is 18.9 Å². The van der Waals surface area contributed by atoms with Crippen LogP contribution in [0.4, 0.5) is 5.69 Å². The van der Waals surface area contributed by atoms with Crippen molar-refractivity contribution in [2.45, 2.75) is 6.54 Å². The molecule has 1 N–H and O–H groups in total. The molecule has 0 spiro atoms. The van der Waals surface area contributed by atoms with Crippen LogP contribution < -0.4 is 19.6 Å². The molecule has 1 heterocycles. The normalized spacial score (nSPS) is 12.0. The maximum atomic E-state index is 12.2. The fraction of sp³-hybridized carbons (Fsp3) is 0.167. The summed E-state index contributed by atoms with van der Waals surface area (Å²) in [5, 5.41) is 0.533. The minimum Gasteiger partial charge on any atom is -0.755 e. The molecule has 0 fully saturated rings. The average molecular weight is 373 g/mol. The van der Waals surface area contributed by atoms with Crippen molar-refractivity contribution in [3.05, 3.63) is 64.4 Å². The second-order valence-corrected chi connectivity index (χ2v) is 6.24. The van der Waals surface area contributed by atoms with Gasteiger partial charge in [0.05, 0.1) is 19.7 Å². The number of aromatic nitrogens is 1. The number of benzene rings is 2. The van der Waals surface area contributed by atoms with Gasteiger partial charge in [-0.3, -0.25) is 9.00 Å². The van der Waals surface area contributed by atoms with Crippen LogP contribution in [0.3, 0.4) is 0 Å². The molecular weight excluding hydrogens is 356 g/mol. The second kappa shape index (κ2) is 7.59. The molecular formula is C18H17N2O5S-. The Morgan fingerprint density at radius 1 is 1.08 bits per heavy atom. The first-order chi connectivity index (χ1) is 12.5. The number of nitrogens with one attached hydrogen (secondary N) is 1. The van der Waals surface area contributed by atoms with E-state index in [9.17, 15) is 13.6 Å². The van der Waals surface area contributed by atoms with E-state index < -0.39 is 11.3 Å². The van der Waals surface area contributed by atoms with Crippen LogP contribution in [0.25, 0.3) is 10.9 Å². The molecule has 136 valence electrons. The maximum absolute atomic E-state index is 12.2. The molecule has 7 nitrogen and oxygen atoms in total. The van der Waals surface area contributed by atoms with E-state index in [1.165, 1.54) is 13.2 Å². The Kier molecular flexibility index (Phi) is 5.24. The number of pyridine rings is 1. The van der Waals surface area contributed by atoms with Crippen LogP contribution in [0.5, 0.6) is 11.5 Å². The van der Waals surface area contributed by atoms with Gasteiger partial charge in [-0.05, 0) is 23.8 Å². The van der Waals surface area contributed by atoms with E-state index in [2.05, 4.69) is 4.72 Å². The Hall–Kier alpha value is -2.84. The highest BCUT2D eigenvalue weighted by Gasteiger charge is 2.11. The van der Waals surface area contributed by atoms with E-state index in [1.807, 2.05) is 16.7 Å². The van der Waals surface area contributed by atoms with Gasteiger partial charge in [0.1, 0.15) is 0 Å². The summed E-state index contributed by atoms with van der Waals surface area (Å²) in [4.78, 5) is 12.2. The first-order valence-corrected chi connectivity index (χ1v) is 8.79. The van der Waals surface area contributed by atoms with Gasteiger partial charge in [0.15, 0.2) is 16.9 Å². The Balaban J connectivity index is 2.01. The van der Waals surface area contributed by atoms with E-state index in [-0.39, 0.29) is 5.43 Å². The zero-order chi connectivity index (χ0) is 18.7. The standard InChI is InChI=1S/C18H18N2O5S/c1-24-17-9-14-15(10-18(17)25-2)20(8-7-16(14)21)11-12-3-5-13(6-4-12)19-26(22)23/h3-10,19H,11H2,1-2H3,(H,22,23)/p-1. The summed E-state index contributed by atoms with van der Waals surface area (Å²) in [5.41, 5.74) is 2.05. The van der Waals surface area contributed by atoms with Gasteiger partial charge in [0.2, 0.25) is 0 Å². The molecule has 26 heavy (non-hydrogen) atoms. The third-order valence-corrected chi connectivity index (χ3v) is 4.39. The van der Waals surface area contributed by atoms with Gasteiger partial charge in [-0.25, -0.2) is 0 Å². The van der Waals surface area contributed by atoms with Crippen molar-refractivity contribution in [1.29, 1.82) is 0 Å². The summed E-state index contributed by atoms with van der Waals surface area (Å²) in [6.45, 7) is 0.507. The molecule has 1 unspecified atom stereocenters. The number of nitrogens with zero attached hydrogens (tertiary/aromatic N) is 1. The number of rotatable bonds is 6. The molecule has 0 radical (unpaired) electrons. The fourth-order valence-electron chi connectivity index (χ4n) is 2.74. The van der Waals surface area contributed by atoms with Crippen LogP contribution in [0, 0.1) is 0 Å². The molecule has 0 saturated heterocycles. The first-order valence-electron chi connectivity index (χ1n) is 7.72. The van der Waals surface area contributed by atoms with Gasteiger partial charge in [0, 0.05) is 47.2 Å². The molecule has 0 bridgehead atoms. The summed E-state index contributed by atoms with van der Waals surface area (Å²) < 4.78 is 36.2. The van der Waals surface area contributed by atoms with Gasteiger partial charge in [-0.1, -0.05) is 12.1 Å². The van der Waals surface area contributed by atoms with E-state index in [1.54, 1.807) is 37.6 Å². The van der Waals surface area contributed by atoms with Crippen LogP contribution >= 0.6 is 0 Å². The lowest BCUT2D eigenvalue weighted by Crippen LogP contribution is -2.09. The smallest absolute Gasteiger partial charge is 0.189 e. The quantitative estimate of drug-likeness (QED) is 0.669. The van der Waals surface area contributed by atoms with Crippen molar-refractivity contribution in [2.24, 2.45) is 0 Å². The lowest BCUT2D eigenvalue weighted by atomic mass is 10.1. The predicted molar refractivity (Wildman–Crippen MR) is 99.4 cm³/mol. The zero-order valence-electron chi connectivity index (χ0n) is 14.2. The van der Waals surface area contributed by atoms with Crippen molar-refractivity contribution in [1.82, 2.24) is 4.57 Å². The number of ether oxygens (including phenoxy) is 2. The Labute approximate surface area is 152 Å². The van der Waals surface area contributed by atoms with Crippen LogP contribution in [0.1, 0.15) is 5.56 Å². The van der Waals surface area contributed by atoms with Gasteiger partial charge >= 0.3 is 0 Å². The molecule has 0 amide bonds. The zero-order valence-corrected chi connectivity index (χ0v) is 15.0. The number of fused-ring (bicyclic) bond motifs is 1. The average Bonchev–Trinajstić information content (AvgIpc) is 2.64. The van der Waals surface area contributed by atoms with Gasteiger partial charge < -0.3 is 23.3 Å². The summed E-state index contributed by atoms with van der Waals surface area (Å²) >= 11 is -2.36. The Morgan fingerprint density at radius 2 is 1.73 bits per heavy atom. The minimum atomic E-state index is -2.36. The van der Waals surface area contributed by atoms with Crippen molar-refractivity contribution in [3.63, 3.8) is 0 Å². The number of hydrogen-bond acceptors (Lipinski definition) is 5. The van der Waals surface area contributed by atoms with Crippen LogP contribution in [0.15, 0.2) is 53.5 Å². The SMILES string of the molecule is COc1cc2c(=O)ccn(Cc3ccc(NS(=O)[O-])cc3)c2cc1OC. The molecule has 0 aliphatic rings. The van der Waals surface area contributed by atoms with E-state index in [4.69, 9.17) is 9.47 Å². The van der Waals surface area contributed by atoms with Gasteiger partial charge in [0.25, 0.3) is 0 Å². The summed E-state index contributed by atoms with van der Waals surface area (Å²) in [5.74, 6) is 1.03. The molecule has 2 aromatic carbocycles. The topological polar surface area (TPSA) is 92.6 Å². The summed E-state index contributed by atoms with van der Waals surface area (Å²) in [7, 11) is 3.07. The van der Waals surface area contributed by atoms with Crippen molar-refractivity contribution < 1.29 is 18.2 Å². The lowest BCUT2D eigenvalue weighted by Gasteiger charge is -2.15. The maximum Gasteiger partial charge on any atom is 0.189 e. The monoisotopic (exact) mass is 373 g/mol. The van der Waals surface area contributed by atoms with E-state index in [0.717, 1.165) is 11.1 Å². The highest BCUT2D eigenvalue weighted by molar-refractivity contribution is 7.80. The molecule has 1 aromatic heterocycles. The van der Waals surface area contributed by atoms with Gasteiger partial charge in [-0.15, -0.1) is 0 Å². The number of anilines is 1. The van der Waals surface area contributed by atoms with Crippen molar-refractivity contribution >= 4 is 27.9 Å². The molecule has 3 aromatic rings. The summed E-state index contributed by atoms with van der Waals surface area (Å²) in [6.07, 6.45) is 1.72. The molecule has 3 rings (SSSR count). The largest absolute Gasteiger partial charge is 0.755 e. The second-order valence-electron chi connectivity index (χ2n) is 5.57. The van der Waals surface area contributed by atoms with Crippen LogP contribution in [0.2, 0.25) is 0 Å². The molecule has 8 heteroatoms. The first kappa shape index (κ1) is 18.0. The van der Waals surface area contributed by atoms with Crippen LogP contribution in [-0.2, 0) is 17.8 Å². The number of hydrogen-bond donors (Lipinski definition) is 1. The molecule has 0 saturated carbocycles. The minimum absolute atomic E-state index is 0.102. The molecule has 1 atom stereocenters. The van der Waals surface area contributed by atoms with E-state index >= 15 is 0 Å². The van der Waals surface area contributed by atoms with Crippen molar-refractivity contribution in [3.8, 4) is 11.5 Å². The number of methoxy groups -OCH3 is 2. The third-order valence-electron chi connectivity index (χ3n) is 3.99. The van der Waals surface area contributed by atoms with E-state index in [0.29, 0.717) is 29.1 Å². The molecule has 0 aliphatic heterocycles. The third kappa shape index (κ3) is 3.71. The highest BCUT2D eigenvalue weighted by atomic mass is 32.2. The molecule has 0 aliphatic carbocycles. The Bertz CT molecular complexity index is 1010. The highest BCUT2D eigenvalue weighted by Crippen LogP contribution is 2.31. The lowest BCUT2D eigenvalue weighted by molar-refractivity contribution is 0.355. The van der Waals surface area contributed by atoms with Gasteiger partial charge in [-0.2, -0.15) is 0 Å².